The highest BCUT2D eigenvalue weighted by atomic mass is 79.9. The standard InChI is InChI=1S/C17H22BrNO4/c1-4-22-16(20)15(12-18)19(11-10-13(2)3)17(21)23-14-8-6-5-7-9-14/h5-10,15H,4,11-12H2,1-3H3. The summed E-state index contributed by atoms with van der Waals surface area (Å²) < 4.78 is 10.4. The average Bonchev–Trinajstić information content (AvgIpc) is 2.52. The smallest absolute Gasteiger partial charge is 0.416 e. The molecule has 0 radical (unpaired) electrons. The van der Waals surface area contributed by atoms with Gasteiger partial charge in [-0.3, -0.25) is 4.90 Å². The highest BCUT2D eigenvalue weighted by Crippen LogP contribution is 2.14. The van der Waals surface area contributed by atoms with Crippen LogP contribution < -0.4 is 4.74 Å². The highest BCUT2D eigenvalue weighted by molar-refractivity contribution is 9.09. The predicted octanol–water partition coefficient (Wildman–Crippen LogP) is 3.78. The maximum atomic E-state index is 12.5. The molecule has 23 heavy (non-hydrogen) atoms. The number of halogens is 1. The number of benzene rings is 1. The molecule has 1 unspecified atom stereocenters. The molecule has 0 aliphatic rings. The van der Waals surface area contributed by atoms with E-state index in [0.717, 1.165) is 5.57 Å². The summed E-state index contributed by atoms with van der Waals surface area (Å²) in [6.07, 6.45) is 1.27. The molecule has 0 saturated heterocycles. The molecule has 1 aromatic rings. The van der Waals surface area contributed by atoms with Gasteiger partial charge < -0.3 is 9.47 Å². The second-order valence-corrected chi connectivity index (χ2v) is 5.68. The zero-order valence-electron chi connectivity index (χ0n) is 13.6. The molecule has 0 saturated carbocycles. The van der Waals surface area contributed by atoms with Gasteiger partial charge in [-0.1, -0.05) is 45.8 Å². The summed E-state index contributed by atoms with van der Waals surface area (Å²) in [5, 5.41) is 0.270. The summed E-state index contributed by atoms with van der Waals surface area (Å²) in [7, 11) is 0. The maximum absolute atomic E-state index is 12.5. The molecule has 0 aromatic heterocycles. The lowest BCUT2D eigenvalue weighted by Gasteiger charge is -2.27. The van der Waals surface area contributed by atoms with Crippen molar-refractivity contribution in [2.45, 2.75) is 26.8 Å². The quantitative estimate of drug-likeness (QED) is 0.408. The van der Waals surface area contributed by atoms with Gasteiger partial charge in [-0.2, -0.15) is 0 Å². The molecule has 0 aliphatic carbocycles. The minimum Gasteiger partial charge on any atom is -0.464 e. The molecule has 5 nitrogen and oxygen atoms in total. The molecule has 0 aliphatic heterocycles. The van der Waals surface area contributed by atoms with Crippen LogP contribution in [0.25, 0.3) is 0 Å². The van der Waals surface area contributed by atoms with E-state index in [1.807, 2.05) is 26.0 Å². The number of carbonyl (C=O) groups excluding carboxylic acids is 2. The minimum atomic E-state index is -0.748. The highest BCUT2D eigenvalue weighted by Gasteiger charge is 2.31. The van der Waals surface area contributed by atoms with Gasteiger partial charge in [-0.15, -0.1) is 0 Å². The van der Waals surface area contributed by atoms with Crippen LogP contribution in [0.4, 0.5) is 4.79 Å². The average molecular weight is 384 g/mol. The summed E-state index contributed by atoms with van der Waals surface area (Å²) in [5.74, 6) is -0.0339. The third-order valence-corrected chi connectivity index (χ3v) is 3.57. The molecule has 0 fully saturated rings. The first-order chi connectivity index (χ1) is 11.0. The molecule has 6 heteroatoms. The molecule has 0 bridgehead atoms. The number of hydrogen-bond acceptors (Lipinski definition) is 4. The van der Waals surface area contributed by atoms with Crippen LogP contribution in [0.1, 0.15) is 20.8 Å². The molecule has 1 atom stereocenters. The molecule has 0 spiro atoms. The number of hydrogen-bond donors (Lipinski definition) is 0. The lowest BCUT2D eigenvalue weighted by atomic mass is 10.2. The van der Waals surface area contributed by atoms with E-state index in [1.54, 1.807) is 31.2 Å². The van der Waals surface area contributed by atoms with Crippen molar-refractivity contribution >= 4 is 28.0 Å². The number of para-hydroxylation sites is 1. The van der Waals surface area contributed by atoms with Crippen molar-refractivity contribution in [1.29, 1.82) is 0 Å². The molecule has 0 heterocycles. The normalized spacial score (nSPS) is 11.3. The van der Waals surface area contributed by atoms with Crippen LogP contribution in [0.5, 0.6) is 5.75 Å². The van der Waals surface area contributed by atoms with E-state index in [9.17, 15) is 9.59 Å². The number of nitrogens with zero attached hydrogens (tertiary/aromatic N) is 1. The van der Waals surface area contributed by atoms with Crippen molar-refractivity contribution in [3.8, 4) is 5.75 Å². The number of amides is 1. The Morgan fingerprint density at radius 3 is 2.43 bits per heavy atom. The Hall–Kier alpha value is -1.82. The maximum Gasteiger partial charge on any atom is 0.416 e. The Morgan fingerprint density at radius 1 is 1.26 bits per heavy atom. The lowest BCUT2D eigenvalue weighted by molar-refractivity contribution is -0.147. The van der Waals surface area contributed by atoms with Gasteiger partial charge in [-0.05, 0) is 32.9 Å². The molecule has 0 N–H and O–H groups in total. The Bertz CT molecular complexity index is 541. The van der Waals surface area contributed by atoms with Gasteiger partial charge in [-0.25, -0.2) is 9.59 Å². The first-order valence-electron chi connectivity index (χ1n) is 7.39. The van der Waals surface area contributed by atoms with Crippen molar-refractivity contribution in [2.24, 2.45) is 0 Å². The summed E-state index contributed by atoms with van der Waals surface area (Å²) >= 11 is 3.28. The minimum absolute atomic E-state index is 0.256. The Labute approximate surface area is 145 Å². The molecule has 1 aromatic carbocycles. The van der Waals surface area contributed by atoms with E-state index in [2.05, 4.69) is 15.9 Å². The van der Waals surface area contributed by atoms with E-state index in [0.29, 0.717) is 5.75 Å². The summed E-state index contributed by atoms with van der Waals surface area (Å²) in [4.78, 5) is 25.9. The number of ether oxygens (including phenoxy) is 2. The summed E-state index contributed by atoms with van der Waals surface area (Å²) in [6.45, 7) is 6.10. The van der Waals surface area contributed by atoms with Crippen molar-refractivity contribution in [3.63, 3.8) is 0 Å². The number of carbonyl (C=O) groups is 2. The Balaban J connectivity index is 2.95. The first kappa shape index (κ1) is 19.2. The van der Waals surface area contributed by atoms with Gasteiger partial charge in [0.1, 0.15) is 11.8 Å². The monoisotopic (exact) mass is 383 g/mol. The SMILES string of the molecule is CCOC(=O)C(CBr)N(CC=C(C)C)C(=O)Oc1ccccc1. The van der Waals surface area contributed by atoms with Crippen LogP contribution in [0.3, 0.4) is 0 Å². The molecule has 1 amide bonds. The van der Waals surface area contributed by atoms with Crippen LogP contribution in [0, 0.1) is 0 Å². The zero-order valence-corrected chi connectivity index (χ0v) is 15.2. The topological polar surface area (TPSA) is 55.8 Å². The number of allylic oxidation sites excluding steroid dienone is 1. The largest absolute Gasteiger partial charge is 0.464 e. The third kappa shape index (κ3) is 6.44. The van der Waals surface area contributed by atoms with E-state index in [-0.39, 0.29) is 18.5 Å². The van der Waals surface area contributed by atoms with Crippen LogP contribution in [-0.4, -0.2) is 41.5 Å². The number of alkyl halides is 1. The molecule has 126 valence electrons. The molecule has 1 rings (SSSR count). The Morgan fingerprint density at radius 2 is 1.91 bits per heavy atom. The van der Waals surface area contributed by atoms with E-state index < -0.39 is 18.1 Å². The van der Waals surface area contributed by atoms with Gasteiger partial charge in [0, 0.05) is 11.9 Å². The third-order valence-electron chi connectivity index (χ3n) is 2.96. The van der Waals surface area contributed by atoms with Crippen LogP contribution in [0.2, 0.25) is 0 Å². The molecular formula is C17H22BrNO4. The van der Waals surface area contributed by atoms with Gasteiger partial charge >= 0.3 is 12.1 Å². The van der Waals surface area contributed by atoms with E-state index in [4.69, 9.17) is 9.47 Å². The second kappa shape index (κ2) is 10.0. The fraction of sp³-hybridized carbons (Fsp3) is 0.412. The first-order valence-corrected chi connectivity index (χ1v) is 8.51. The van der Waals surface area contributed by atoms with Crippen molar-refractivity contribution in [2.75, 3.05) is 18.5 Å². The van der Waals surface area contributed by atoms with E-state index in [1.165, 1.54) is 4.90 Å². The second-order valence-electron chi connectivity index (χ2n) is 5.04. The predicted molar refractivity (Wildman–Crippen MR) is 92.8 cm³/mol. The van der Waals surface area contributed by atoms with Gasteiger partial charge in [0.2, 0.25) is 0 Å². The van der Waals surface area contributed by atoms with Crippen LogP contribution in [-0.2, 0) is 9.53 Å². The van der Waals surface area contributed by atoms with Crippen LogP contribution >= 0.6 is 15.9 Å². The van der Waals surface area contributed by atoms with Gasteiger partial charge in [0.15, 0.2) is 0 Å². The van der Waals surface area contributed by atoms with Gasteiger partial charge in [0.25, 0.3) is 0 Å². The van der Waals surface area contributed by atoms with Gasteiger partial charge in [0.05, 0.1) is 6.61 Å². The number of esters is 1. The van der Waals surface area contributed by atoms with Crippen molar-refractivity contribution < 1.29 is 19.1 Å². The van der Waals surface area contributed by atoms with Crippen molar-refractivity contribution in [3.05, 3.63) is 42.0 Å². The zero-order chi connectivity index (χ0) is 17.2. The van der Waals surface area contributed by atoms with Crippen molar-refractivity contribution in [1.82, 2.24) is 4.90 Å². The van der Waals surface area contributed by atoms with Crippen LogP contribution in [0.15, 0.2) is 42.0 Å². The fourth-order valence-electron chi connectivity index (χ4n) is 1.77. The van der Waals surface area contributed by atoms with E-state index >= 15 is 0 Å². The lowest BCUT2D eigenvalue weighted by Crippen LogP contribution is -2.48. The fourth-order valence-corrected chi connectivity index (χ4v) is 2.38. The summed E-state index contributed by atoms with van der Waals surface area (Å²) in [6, 6.07) is 8.00. The number of rotatable bonds is 7. The summed E-state index contributed by atoms with van der Waals surface area (Å²) in [5.41, 5.74) is 1.04. The molecular weight excluding hydrogens is 362 g/mol. The Kier molecular flexibility index (Phi) is 8.40.